The fourth-order valence-electron chi connectivity index (χ4n) is 1.42. The van der Waals surface area contributed by atoms with Crippen molar-refractivity contribution in [3.05, 3.63) is 30.1 Å². The van der Waals surface area contributed by atoms with Gasteiger partial charge < -0.3 is 10.9 Å². The molecule has 2 rings (SSSR count). The average Bonchev–Trinajstić information content (AvgIpc) is 2.90. The van der Waals surface area contributed by atoms with Crippen molar-refractivity contribution in [1.29, 1.82) is 0 Å². The number of benzene rings is 1. The highest BCUT2D eigenvalue weighted by Crippen LogP contribution is 2.32. The Hall–Kier alpha value is -1.67. The molecule has 0 saturated heterocycles. The lowest BCUT2D eigenvalue weighted by Crippen LogP contribution is -2.15. The van der Waals surface area contributed by atoms with Gasteiger partial charge in [-0.3, -0.25) is 5.10 Å². The molecule has 0 unspecified atom stereocenters. The number of nitrogens with zero attached hydrogens (tertiary/aromatic N) is 3. The number of H-pyrrole nitrogens is 1. The lowest BCUT2D eigenvalue weighted by atomic mass is 10.2. The molecular formula is C10H11N5OS2. The first-order valence-electron chi connectivity index (χ1n) is 4.94. The molecule has 2 aromatic rings. The molecular weight excluding hydrogens is 270 g/mol. The largest absolute Gasteiger partial charge is 0.409 e. The standard InChI is InChI=1S/C10H11N5OS2/c1-17-6-3-2-4-7(8(6)9(11)15-16)18-10-12-5-13-14-10/h2-5,16H,1H3,(H2,11,15)(H,12,13,14). The molecule has 0 aliphatic heterocycles. The number of rotatable bonds is 4. The second kappa shape index (κ2) is 5.78. The molecule has 0 spiro atoms. The number of hydrogen-bond donors (Lipinski definition) is 3. The summed E-state index contributed by atoms with van der Waals surface area (Å²) in [5.41, 5.74) is 6.43. The molecule has 18 heavy (non-hydrogen) atoms. The van der Waals surface area contributed by atoms with Gasteiger partial charge in [-0.15, -0.1) is 11.8 Å². The topological polar surface area (TPSA) is 100 Å². The van der Waals surface area contributed by atoms with E-state index in [1.54, 1.807) is 0 Å². The highest BCUT2D eigenvalue weighted by Gasteiger charge is 2.14. The van der Waals surface area contributed by atoms with Crippen LogP contribution in [0.2, 0.25) is 0 Å². The van der Waals surface area contributed by atoms with Crippen LogP contribution in [0, 0.1) is 0 Å². The van der Waals surface area contributed by atoms with E-state index in [0.717, 1.165) is 9.79 Å². The van der Waals surface area contributed by atoms with Gasteiger partial charge in [0, 0.05) is 15.4 Å². The Bertz CT molecular complexity index is 555. The highest BCUT2D eigenvalue weighted by atomic mass is 32.2. The molecule has 0 aliphatic carbocycles. The van der Waals surface area contributed by atoms with Gasteiger partial charge in [0.25, 0.3) is 0 Å². The molecule has 1 aromatic carbocycles. The number of aromatic amines is 1. The molecule has 1 aromatic heterocycles. The Balaban J connectivity index is 2.46. The van der Waals surface area contributed by atoms with Crippen LogP contribution in [0.3, 0.4) is 0 Å². The van der Waals surface area contributed by atoms with Crippen molar-refractivity contribution in [3.8, 4) is 0 Å². The number of nitrogens with two attached hydrogens (primary N) is 1. The van der Waals surface area contributed by atoms with Gasteiger partial charge in [0.05, 0.1) is 0 Å². The number of amidine groups is 1. The molecule has 0 radical (unpaired) electrons. The Morgan fingerprint density at radius 2 is 2.22 bits per heavy atom. The van der Waals surface area contributed by atoms with Crippen LogP contribution in [0.25, 0.3) is 0 Å². The summed E-state index contributed by atoms with van der Waals surface area (Å²) >= 11 is 2.91. The van der Waals surface area contributed by atoms with Gasteiger partial charge in [-0.2, -0.15) is 5.10 Å². The predicted octanol–water partition coefficient (Wildman–Crippen LogP) is 1.77. The summed E-state index contributed by atoms with van der Waals surface area (Å²) < 4.78 is 0. The van der Waals surface area contributed by atoms with Gasteiger partial charge in [0.15, 0.2) is 11.0 Å². The maximum Gasteiger partial charge on any atom is 0.188 e. The van der Waals surface area contributed by atoms with E-state index in [1.807, 2.05) is 24.5 Å². The van der Waals surface area contributed by atoms with E-state index < -0.39 is 0 Å². The normalized spacial score (nSPS) is 11.7. The van der Waals surface area contributed by atoms with Gasteiger partial charge in [0.2, 0.25) is 0 Å². The third-order valence-corrected chi connectivity index (χ3v) is 3.90. The van der Waals surface area contributed by atoms with Crippen molar-refractivity contribution in [2.75, 3.05) is 6.26 Å². The van der Waals surface area contributed by atoms with Crippen LogP contribution < -0.4 is 5.73 Å². The first-order chi connectivity index (χ1) is 8.76. The minimum atomic E-state index is 0.0852. The number of hydrogen-bond acceptors (Lipinski definition) is 6. The van der Waals surface area contributed by atoms with Crippen LogP contribution in [0.1, 0.15) is 5.56 Å². The van der Waals surface area contributed by atoms with Gasteiger partial charge in [-0.05, 0) is 30.2 Å². The fourth-order valence-corrected chi connectivity index (χ4v) is 2.98. The lowest BCUT2D eigenvalue weighted by Gasteiger charge is -2.10. The fraction of sp³-hybridized carbons (Fsp3) is 0.100. The number of oxime groups is 1. The van der Waals surface area contributed by atoms with Crippen LogP contribution in [0.15, 0.2) is 44.6 Å². The Labute approximate surface area is 112 Å². The third kappa shape index (κ3) is 2.59. The summed E-state index contributed by atoms with van der Waals surface area (Å²) in [5, 5.41) is 19.1. The van der Waals surface area contributed by atoms with E-state index in [0.29, 0.717) is 10.7 Å². The Kier molecular flexibility index (Phi) is 4.11. The molecule has 94 valence electrons. The average molecular weight is 281 g/mol. The summed E-state index contributed by atoms with van der Waals surface area (Å²) in [4.78, 5) is 5.83. The Morgan fingerprint density at radius 1 is 1.44 bits per heavy atom. The van der Waals surface area contributed by atoms with Crippen LogP contribution in [0.4, 0.5) is 0 Å². The first-order valence-corrected chi connectivity index (χ1v) is 6.98. The predicted molar refractivity (Wildman–Crippen MR) is 71.2 cm³/mol. The van der Waals surface area contributed by atoms with Crippen LogP contribution >= 0.6 is 23.5 Å². The molecule has 0 amide bonds. The lowest BCUT2D eigenvalue weighted by molar-refractivity contribution is 0.318. The quantitative estimate of drug-likeness (QED) is 0.260. The van der Waals surface area contributed by atoms with Gasteiger partial charge in [0.1, 0.15) is 6.33 Å². The molecule has 1 heterocycles. The molecule has 0 saturated carbocycles. The smallest absolute Gasteiger partial charge is 0.188 e. The summed E-state index contributed by atoms with van der Waals surface area (Å²) in [7, 11) is 0. The maximum atomic E-state index is 8.87. The Morgan fingerprint density at radius 3 is 2.83 bits per heavy atom. The van der Waals surface area contributed by atoms with E-state index in [2.05, 4.69) is 20.3 Å². The minimum absolute atomic E-state index is 0.0852. The molecule has 4 N–H and O–H groups in total. The summed E-state index contributed by atoms with van der Waals surface area (Å²) in [5.74, 6) is 0.0852. The van der Waals surface area contributed by atoms with Crippen molar-refractivity contribution in [2.24, 2.45) is 10.9 Å². The van der Waals surface area contributed by atoms with Crippen molar-refractivity contribution in [2.45, 2.75) is 14.9 Å². The molecule has 6 nitrogen and oxygen atoms in total. The molecule has 0 aliphatic rings. The monoisotopic (exact) mass is 281 g/mol. The minimum Gasteiger partial charge on any atom is -0.409 e. The van der Waals surface area contributed by atoms with Crippen LogP contribution in [-0.2, 0) is 0 Å². The van der Waals surface area contributed by atoms with E-state index in [1.165, 1.54) is 29.9 Å². The van der Waals surface area contributed by atoms with Gasteiger partial charge in [-0.1, -0.05) is 11.2 Å². The zero-order chi connectivity index (χ0) is 13.0. The second-order valence-electron chi connectivity index (χ2n) is 3.21. The van der Waals surface area contributed by atoms with Gasteiger partial charge >= 0.3 is 0 Å². The number of aromatic nitrogens is 3. The first kappa shape index (κ1) is 12.8. The van der Waals surface area contributed by atoms with Crippen molar-refractivity contribution >= 4 is 29.4 Å². The second-order valence-corrected chi connectivity index (χ2v) is 5.09. The summed E-state index contributed by atoms with van der Waals surface area (Å²) in [6.07, 6.45) is 3.37. The van der Waals surface area contributed by atoms with E-state index >= 15 is 0 Å². The van der Waals surface area contributed by atoms with Crippen molar-refractivity contribution in [1.82, 2.24) is 15.2 Å². The van der Waals surface area contributed by atoms with E-state index in [-0.39, 0.29) is 5.84 Å². The van der Waals surface area contributed by atoms with Crippen LogP contribution in [0.5, 0.6) is 0 Å². The number of thioether (sulfide) groups is 1. The molecule has 0 bridgehead atoms. The van der Waals surface area contributed by atoms with E-state index in [4.69, 9.17) is 10.9 Å². The van der Waals surface area contributed by atoms with Crippen LogP contribution in [-0.4, -0.2) is 32.5 Å². The van der Waals surface area contributed by atoms with Gasteiger partial charge in [-0.25, -0.2) is 4.98 Å². The highest BCUT2D eigenvalue weighted by molar-refractivity contribution is 7.99. The van der Waals surface area contributed by atoms with Crippen molar-refractivity contribution in [3.63, 3.8) is 0 Å². The maximum absolute atomic E-state index is 8.87. The molecule has 0 atom stereocenters. The van der Waals surface area contributed by atoms with E-state index in [9.17, 15) is 0 Å². The summed E-state index contributed by atoms with van der Waals surface area (Å²) in [6, 6.07) is 5.72. The SMILES string of the molecule is CSc1cccc(Sc2ncn[nH]2)c1/C(N)=N/O. The zero-order valence-electron chi connectivity index (χ0n) is 9.49. The summed E-state index contributed by atoms with van der Waals surface area (Å²) in [6.45, 7) is 0. The number of nitrogens with one attached hydrogen (secondary N) is 1. The molecule has 8 heteroatoms. The zero-order valence-corrected chi connectivity index (χ0v) is 11.1. The molecule has 0 fully saturated rings. The third-order valence-electron chi connectivity index (χ3n) is 2.17. The van der Waals surface area contributed by atoms with Crippen molar-refractivity contribution < 1.29 is 5.21 Å².